The van der Waals surface area contributed by atoms with Crippen LogP contribution in [0.3, 0.4) is 0 Å². The van der Waals surface area contributed by atoms with Crippen molar-refractivity contribution in [2.75, 3.05) is 11.9 Å². The van der Waals surface area contributed by atoms with Gasteiger partial charge in [-0.25, -0.2) is 0 Å². The Labute approximate surface area is 218 Å². The molecule has 5 rings (SSSR count). The summed E-state index contributed by atoms with van der Waals surface area (Å²) in [5, 5.41) is 17.9. The minimum absolute atomic E-state index is 0.0171. The number of carbonyl (C=O) groups is 1. The maximum Gasteiger partial charge on any atom is 0.270 e. The molecule has 0 aliphatic carbocycles. The van der Waals surface area contributed by atoms with E-state index >= 15 is 0 Å². The van der Waals surface area contributed by atoms with Crippen molar-refractivity contribution in [1.29, 1.82) is 0 Å². The van der Waals surface area contributed by atoms with Crippen LogP contribution in [-0.4, -0.2) is 32.4 Å². The Hall–Kier alpha value is -4.57. The van der Waals surface area contributed by atoms with Crippen LogP contribution >= 0.6 is 12.2 Å². The number of carbonyl (C=O) groups excluding carboxylic acids is 1. The number of rotatable bonds is 8. The normalized spacial score (nSPS) is 16.9. The van der Waals surface area contributed by atoms with Gasteiger partial charge in [-0.05, 0) is 48.6 Å². The number of nitrogens with zero attached hydrogens (tertiary/aromatic N) is 3. The van der Waals surface area contributed by atoms with Gasteiger partial charge in [0.1, 0.15) is 17.6 Å². The summed E-state index contributed by atoms with van der Waals surface area (Å²) in [6, 6.07) is 24.1. The first-order valence-electron chi connectivity index (χ1n) is 11.7. The first-order valence-corrected chi connectivity index (χ1v) is 12.1. The molecule has 1 aliphatic heterocycles. The van der Waals surface area contributed by atoms with Gasteiger partial charge >= 0.3 is 0 Å². The largest absolute Gasteiger partial charge is 0.459 e. The van der Waals surface area contributed by atoms with E-state index in [9.17, 15) is 14.9 Å². The smallest absolute Gasteiger partial charge is 0.270 e. The van der Waals surface area contributed by atoms with Crippen LogP contribution in [0.1, 0.15) is 30.0 Å². The highest BCUT2D eigenvalue weighted by Crippen LogP contribution is 2.40. The predicted octanol–water partition coefficient (Wildman–Crippen LogP) is 5.25. The zero-order chi connectivity index (χ0) is 25.8. The molecule has 3 heterocycles. The van der Waals surface area contributed by atoms with Crippen molar-refractivity contribution in [3.8, 4) is 11.3 Å². The molecule has 0 radical (unpaired) electrons. The van der Waals surface area contributed by atoms with Gasteiger partial charge in [-0.1, -0.05) is 36.4 Å². The molecule has 2 N–H and O–H groups in total. The van der Waals surface area contributed by atoms with Crippen molar-refractivity contribution in [2.45, 2.75) is 18.5 Å². The summed E-state index contributed by atoms with van der Waals surface area (Å²) in [7, 11) is 0. The topological polar surface area (TPSA) is 114 Å². The fraction of sp³-hybridized carbons (Fsp3) is 0.148. The van der Waals surface area contributed by atoms with Gasteiger partial charge in [0.05, 0.1) is 16.7 Å². The third kappa shape index (κ3) is 5.34. The number of nitrogens with one attached hydrogen (secondary N) is 2. The SMILES string of the molecule is O=C(CCN1C(=S)N[C@@H](c2ccccn2)[C@H]1c1ccc(-c2cccc([N+](=O)[O-])c2)o1)Nc1ccccc1. The maximum absolute atomic E-state index is 12.7. The van der Waals surface area contributed by atoms with Gasteiger partial charge in [0.25, 0.3) is 5.69 Å². The van der Waals surface area contributed by atoms with Crippen LogP contribution in [-0.2, 0) is 4.79 Å². The third-order valence-corrected chi connectivity index (χ3v) is 6.45. The zero-order valence-electron chi connectivity index (χ0n) is 19.6. The quantitative estimate of drug-likeness (QED) is 0.187. The highest BCUT2D eigenvalue weighted by atomic mass is 32.1. The van der Waals surface area contributed by atoms with Gasteiger partial charge in [-0.15, -0.1) is 0 Å². The number of nitro groups is 1. The Morgan fingerprint density at radius 2 is 1.89 bits per heavy atom. The van der Waals surface area contributed by atoms with E-state index in [0.717, 1.165) is 11.4 Å². The van der Waals surface area contributed by atoms with E-state index < -0.39 is 4.92 Å². The summed E-state index contributed by atoms with van der Waals surface area (Å²) in [4.78, 5) is 29.9. The molecule has 4 aromatic rings. The number of nitro benzene ring substituents is 1. The van der Waals surface area contributed by atoms with Crippen molar-refractivity contribution in [3.05, 3.63) is 113 Å². The van der Waals surface area contributed by atoms with Crippen LogP contribution in [0.4, 0.5) is 11.4 Å². The van der Waals surface area contributed by atoms with E-state index in [1.807, 2.05) is 59.5 Å². The Morgan fingerprint density at radius 1 is 1.08 bits per heavy atom. The zero-order valence-corrected chi connectivity index (χ0v) is 20.4. The standard InChI is InChI=1S/C27H23N5O4S/c33-24(29-19-8-2-1-3-9-19)14-16-31-26(25(30-27(31)37)21-11-4-5-15-28-21)23-13-12-22(36-23)18-7-6-10-20(17-18)32(34)35/h1-13,15,17,25-26H,14,16H2,(H,29,33)(H,30,37)/t25-,26+/m0/s1. The monoisotopic (exact) mass is 513 g/mol. The molecular weight excluding hydrogens is 490 g/mol. The number of aromatic nitrogens is 1. The second kappa shape index (κ2) is 10.6. The summed E-state index contributed by atoms with van der Waals surface area (Å²) in [5.74, 6) is 0.969. The average Bonchev–Trinajstić information content (AvgIpc) is 3.53. The summed E-state index contributed by atoms with van der Waals surface area (Å²) < 4.78 is 6.23. The molecule has 0 bridgehead atoms. The van der Waals surface area contributed by atoms with Gasteiger partial charge in [0.2, 0.25) is 5.91 Å². The number of para-hydroxylation sites is 1. The first kappa shape index (κ1) is 24.1. The number of thiocarbonyl (C=S) groups is 1. The molecule has 0 saturated carbocycles. The summed E-state index contributed by atoms with van der Waals surface area (Å²) in [6.07, 6.45) is 1.92. The summed E-state index contributed by atoms with van der Waals surface area (Å²) in [5.41, 5.74) is 2.08. The lowest BCUT2D eigenvalue weighted by Crippen LogP contribution is -2.32. The number of anilines is 1. The van der Waals surface area contributed by atoms with E-state index in [1.165, 1.54) is 12.1 Å². The average molecular weight is 514 g/mol. The Morgan fingerprint density at radius 3 is 2.65 bits per heavy atom. The molecule has 1 saturated heterocycles. The van der Waals surface area contributed by atoms with Gasteiger partial charge in [-0.2, -0.15) is 0 Å². The summed E-state index contributed by atoms with van der Waals surface area (Å²) in [6.45, 7) is 0.353. The lowest BCUT2D eigenvalue weighted by atomic mass is 10.0. The number of non-ortho nitro benzene ring substituents is 1. The lowest BCUT2D eigenvalue weighted by molar-refractivity contribution is -0.384. The predicted molar refractivity (Wildman–Crippen MR) is 143 cm³/mol. The van der Waals surface area contributed by atoms with Crippen molar-refractivity contribution in [1.82, 2.24) is 15.2 Å². The van der Waals surface area contributed by atoms with Crippen molar-refractivity contribution in [3.63, 3.8) is 0 Å². The Kier molecular flexibility index (Phi) is 6.91. The van der Waals surface area contributed by atoms with Gasteiger partial charge in [0.15, 0.2) is 5.11 Å². The number of hydrogen-bond donors (Lipinski definition) is 2. The van der Waals surface area contributed by atoms with Crippen LogP contribution < -0.4 is 10.6 Å². The number of furan rings is 1. The summed E-state index contributed by atoms with van der Waals surface area (Å²) >= 11 is 5.66. The number of pyridine rings is 1. The Balaban J connectivity index is 1.42. The molecule has 1 fully saturated rings. The van der Waals surface area contributed by atoms with E-state index in [4.69, 9.17) is 16.6 Å². The Bertz CT molecular complexity index is 1430. The van der Waals surface area contributed by atoms with E-state index in [0.29, 0.717) is 28.7 Å². The molecule has 1 amide bonds. The number of amides is 1. The van der Waals surface area contributed by atoms with E-state index in [2.05, 4.69) is 15.6 Å². The van der Waals surface area contributed by atoms with E-state index in [-0.39, 0.29) is 30.1 Å². The molecule has 186 valence electrons. The molecule has 2 aromatic carbocycles. The van der Waals surface area contributed by atoms with E-state index in [1.54, 1.807) is 24.4 Å². The molecule has 2 atom stereocenters. The molecular formula is C27H23N5O4S. The van der Waals surface area contributed by atoms with Crippen molar-refractivity contribution >= 4 is 34.6 Å². The van der Waals surface area contributed by atoms with Crippen molar-refractivity contribution < 1.29 is 14.1 Å². The van der Waals surface area contributed by atoms with Gasteiger partial charge in [-0.3, -0.25) is 19.9 Å². The number of hydrogen-bond acceptors (Lipinski definition) is 6. The molecule has 1 aliphatic rings. The van der Waals surface area contributed by atoms with Crippen LogP contribution in [0.25, 0.3) is 11.3 Å². The maximum atomic E-state index is 12.7. The fourth-order valence-corrected chi connectivity index (χ4v) is 4.69. The van der Waals surface area contributed by atoms with Gasteiger partial charge < -0.3 is 20.0 Å². The van der Waals surface area contributed by atoms with Crippen LogP contribution in [0.5, 0.6) is 0 Å². The lowest BCUT2D eigenvalue weighted by Gasteiger charge is -2.25. The molecule has 0 unspecified atom stereocenters. The third-order valence-electron chi connectivity index (χ3n) is 6.09. The number of benzene rings is 2. The first-order chi connectivity index (χ1) is 18.0. The van der Waals surface area contributed by atoms with Crippen LogP contribution in [0, 0.1) is 10.1 Å². The van der Waals surface area contributed by atoms with Crippen LogP contribution in [0.15, 0.2) is 95.5 Å². The molecule has 2 aromatic heterocycles. The van der Waals surface area contributed by atoms with Crippen LogP contribution in [0.2, 0.25) is 0 Å². The highest BCUT2D eigenvalue weighted by Gasteiger charge is 2.41. The molecule has 10 heteroatoms. The van der Waals surface area contributed by atoms with Crippen molar-refractivity contribution in [2.24, 2.45) is 0 Å². The molecule has 9 nitrogen and oxygen atoms in total. The molecule has 0 spiro atoms. The second-order valence-corrected chi connectivity index (χ2v) is 8.88. The minimum Gasteiger partial charge on any atom is -0.459 e. The highest BCUT2D eigenvalue weighted by molar-refractivity contribution is 7.80. The minimum atomic E-state index is -0.438. The van der Waals surface area contributed by atoms with Gasteiger partial charge in [0, 0.05) is 42.5 Å². The fourth-order valence-electron chi connectivity index (χ4n) is 4.36. The molecule has 37 heavy (non-hydrogen) atoms. The second-order valence-electron chi connectivity index (χ2n) is 8.49.